The SMILES string of the molecule is CCc1ccc(Oc2cc(C(F)(F)F)cnc2N)cc1. The average Bonchev–Trinajstić information content (AvgIpc) is 2.41. The van der Waals surface area contributed by atoms with E-state index in [0.29, 0.717) is 11.9 Å². The Bertz CT molecular complexity index is 594. The molecule has 106 valence electrons. The fourth-order valence-electron chi connectivity index (χ4n) is 1.61. The lowest BCUT2D eigenvalue weighted by molar-refractivity contribution is -0.137. The maximum atomic E-state index is 12.6. The van der Waals surface area contributed by atoms with E-state index in [0.717, 1.165) is 18.1 Å². The molecule has 0 bridgehead atoms. The molecule has 0 atom stereocenters. The molecule has 20 heavy (non-hydrogen) atoms. The highest BCUT2D eigenvalue weighted by Crippen LogP contribution is 2.34. The molecule has 0 aliphatic heterocycles. The van der Waals surface area contributed by atoms with E-state index in [1.165, 1.54) is 0 Å². The lowest BCUT2D eigenvalue weighted by atomic mass is 10.2. The minimum Gasteiger partial charge on any atom is -0.453 e. The lowest BCUT2D eigenvalue weighted by Crippen LogP contribution is -2.07. The van der Waals surface area contributed by atoms with Crippen LogP contribution in [0.5, 0.6) is 11.5 Å². The van der Waals surface area contributed by atoms with Crippen LogP contribution in [0.2, 0.25) is 0 Å². The molecule has 0 spiro atoms. The lowest BCUT2D eigenvalue weighted by Gasteiger charge is -2.11. The first-order valence-corrected chi connectivity index (χ1v) is 5.99. The molecule has 0 saturated heterocycles. The van der Waals surface area contributed by atoms with Gasteiger partial charge in [0, 0.05) is 6.20 Å². The Morgan fingerprint density at radius 1 is 1.20 bits per heavy atom. The number of aromatic nitrogens is 1. The van der Waals surface area contributed by atoms with E-state index in [1.54, 1.807) is 12.1 Å². The van der Waals surface area contributed by atoms with Crippen molar-refractivity contribution < 1.29 is 17.9 Å². The Hall–Kier alpha value is -2.24. The van der Waals surface area contributed by atoms with E-state index in [1.807, 2.05) is 19.1 Å². The number of alkyl halides is 3. The zero-order chi connectivity index (χ0) is 14.8. The first kappa shape index (κ1) is 14.2. The van der Waals surface area contributed by atoms with Crippen molar-refractivity contribution >= 4 is 5.82 Å². The molecule has 0 aliphatic carbocycles. The number of halogens is 3. The van der Waals surface area contributed by atoms with Crippen molar-refractivity contribution in [1.82, 2.24) is 4.98 Å². The van der Waals surface area contributed by atoms with Gasteiger partial charge in [0.05, 0.1) is 5.56 Å². The van der Waals surface area contributed by atoms with Gasteiger partial charge in [0.1, 0.15) is 5.75 Å². The molecule has 3 nitrogen and oxygen atoms in total. The third-order valence-electron chi connectivity index (χ3n) is 2.77. The van der Waals surface area contributed by atoms with Crippen LogP contribution in [0.1, 0.15) is 18.1 Å². The molecule has 0 unspecified atom stereocenters. The van der Waals surface area contributed by atoms with E-state index in [2.05, 4.69) is 4.98 Å². The molecule has 0 fully saturated rings. The van der Waals surface area contributed by atoms with Gasteiger partial charge in [-0.1, -0.05) is 19.1 Å². The first-order valence-electron chi connectivity index (χ1n) is 5.99. The highest BCUT2D eigenvalue weighted by atomic mass is 19.4. The number of pyridine rings is 1. The van der Waals surface area contributed by atoms with Crippen LogP contribution in [0.3, 0.4) is 0 Å². The summed E-state index contributed by atoms with van der Waals surface area (Å²) >= 11 is 0. The number of nitrogens with two attached hydrogens (primary N) is 1. The van der Waals surface area contributed by atoms with Crippen molar-refractivity contribution in [1.29, 1.82) is 0 Å². The highest BCUT2D eigenvalue weighted by Gasteiger charge is 2.32. The number of aryl methyl sites for hydroxylation is 1. The van der Waals surface area contributed by atoms with Crippen molar-refractivity contribution in [2.75, 3.05) is 5.73 Å². The summed E-state index contributed by atoms with van der Waals surface area (Å²) in [6, 6.07) is 7.88. The Morgan fingerprint density at radius 2 is 1.85 bits per heavy atom. The Kier molecular flexibility index (Phi) is 3.83. The van der Waals surface area contributed by atoms with Crippen LogP contribution in [0.4, 0.5) is 19.0 Å². The van der Waals surface area contributed by atoms with Crippen LogP contribution >= 0.6 is 0 Å². The number of ether oxygens (including phenoxy) is 1. The minimum atomic E-state index is -4.48. The van der Waals surface area contributed by atoms with Crippen molar-refractivity contribution in [3.8, 4) is 11.5 Å². The first-order chi connectivity index (χ1) is 9.40. The Balaban J connectivity index is 2.27. The molecule has 0 aliphatic rings. The number of benzene rings is 1. The van der Waals surface area contributed by atoms with Gasteiger partial charge in [0.25, 0.3) is 0 Å². The van der Waals surface area contributed by atoms with E-state index >= 15 is 0 Å². The molecule has 2 N–H and O–H groups in total. The fourth-order valence-corrected chi connectivity index (χ4v) is 1.61. The molecule has 1 aromatic heterocycles. The van der Waals surface area contributed by atoms with Gasteiger partial charge in [-0.05, 0) is 30.2 Å². The third-order valence-corrected chi connectivity index (χ3v) is 2.77. The summed E-state index contributed by atoms with van der Waals surface area (Å²) in [5.74, 6) is 0.219. The Morgan fingerprint density at radius 3 is 2.40 bits per heavy atom. The number of hydrogen-bond acceptors (Lipinski definition) is 3. The van der Waals surface area contributed by atoms with Gasteiger partial charge >= 0.3 is 6.18 Å². The van der Waals surface area contributed by atoms with Crippen LogP contribution in [-0.2, 0) is 12.6 Å². The molecule has 0 saturated carbocycles. The predicted octanol–water partition coefficient (Wildman–Crippen LogP) is 4.04. The van der Waals surface area contributed by atoms with Crippen molar-refractivity contribution in [3.63, 3.8) is 0 Å². The normalized spacial score (nSPS) is 11.4. The third kappa shape index (κ3) is 3.20. The molecule has 0 amide bonds. The largest absolute Gasteiger partial charge is 0.453 e. The summed E-state index contributed by atoms with van der Waals surface area (Å²) in [4.78, 5) is 3.51. The second-order valence-corrected chi connectivity index (χ2v) is 4.20. The predicted molar refractivity (Wildman–Crippen MR) is 69.5 cm³/mol. The summed E-state index contributed by atoms with van der Waals surface area (Å²) in [5.41, 5.74) is 5.74. The van der Waals surface area contributed by atoms with Crippen LogP contribution in [-0.4, -0.2) is 4.98 Å². The maximum Gasteiger partial charge on any atom is 0.418 e. The summed E-state index contributed by atoms with van der Waals surface area (Å²) < 4.78 is 43.2. The van der Waals surface area contributed by atoms with Crippen LogP contribution in [0, 0.1) is 0 Å². The Labute approximate surface area is 114 Å². The molecular formula is C14H13F3N2O. The average molecular weight is 282 g/mol. The standard InChI is InChI=1S/C14H13F3N2O/c1-2-9-3-5-11(6-4-9)20-12-7-10(14(15,16)17)8-19-13(12)18/h3-8H,2H2,1H3,(H2,18,19). The van der Waals surface area contributed by atoms with Crippen LogP contribution in [0.15, 0.2) is 36.5 Å². The maximum absolute atomic E-state index is 12.6. The van der Waals surface area contributed by atoms with E-state index < -0.39 is 11.7 Å². The molecule has 6 heteroatoms. The number of hydrogen-bond donors (Lipinski definition) is 1. The number of rotatable bonds is 3. The second-order valence-electron chi connectivity index (χ2n) is 4.20. The van der Waals surface area contributed by atoms with Gasteiger partial charge in [0.2, 0.25) is 0 Å². The van der Waals surface area contributed by atoms with Crippen LogP contribution in [0.25, 0.3) is 0 Å². The monoisotopic (exact) mass is 282 g/mol. The quantitative estimate of drug-likeness (QED) is 0.924. The number of nitrogens with zero attached hydrogens (tertiary/aromatic N) is 1. The minimum absolute atomic E-state index is 0.0856. The fraction of sp³-hybridized carbons (Fsp3) is 0.214. The number of anilines is 1. The van der Waals surface area contributed by atoms with Crippen molar-refractivity contribution in [2.45, 2.75) is 19.5 Å². The molecule has 2 aromatic rings. The molecule has 1 heterocycles. The number of nitrogen functional groups attached to an aromatic ring is 1. The van der Waals surface area contributed by atoms with Crippen molar-refractivity contribution in [2.24, 2.45) is 0 Å². The summed E-state index contributed by atoms with van der Waals surface area (Å²) in [6.07, 6.45) is -2.93. The summed E-state index contributed by atoms with van der Waals surface area (Å²) in [5, 5.41) is 0. The van der Waals surface area contributed by atoms with Gasteiger partial charge in [0.15, 0.2) is 11.6 Å². The van der Waals surface area contributed by atoms with E-state index in [4.69, 9.17) is 10.5 Å². The van der Waals surface area contributed by atoms with E-state index in [-0.39, 0.29) is 11.6 Å². The summed E-state index contributed by atoms with van der Waals surface area (Å²) in [7, 11) is 0. The summed E-state index contributed by atoms with van der Waals surface area (Å²) in [6.45, 7) is 2.00. The molecule has 1 aromatic carbocycles. The zero-order valence-corrected chi connectivity index (χ0v) is 10.7. The topological polar surface area (TPSA) is 48.1 Å². The van der Waals surface area contributed by atoms with Gasteiger partial charge < -0.3 is 10.5 Å². The van der Waals surface area contributed by atoms with Crippen LogP contribution < -0.4 is 10.5 Å². The molecule has 2 rings (SSSR count). The van der Waals surface area contributed by atoms with Gasteiger partial charge in [-0.15, -0.1) is 0 Å². The highest BCUT2D eigenvalue weighted by molar-refractivity contribution is 5.49. The van der Waals surface area contributed by atoms with Gasteiger partial charge in [-0.2, -0.15) is 13.2 Å². The zero-order valence-electron chi connectivity index (χ0n) is 10.7. The van der Waals surface area contributed by atoms with Gasteiger partial charge in [-0.3, -0.25) is 0 Å². The van der Waals surface area contributed by atoms with Gasteiger partial charge in [-0.25, -0.2) is 4.98 Å². The van der Waals surface area contributed by atoms with Crippen molar-refractivity contribution in [3.05, 3.63) is 47.7 Å². The second kappa shape index (κ2) is 5.40. The molecule has 0 radical (unpaired) electrons. The van der Waals surface area contributed by atoms with E-state index in [9.17, 15) is 13.2 Å². The molecular weight excluding hydrogens is 269 g/mol. The smallest absolute Gasteiger partial charge is 0.418 e.